The lowest BCUT2D eigenvalue weighted by Gasteiger charge is -2.11. The van der Waals surface area contributed by atoms with Crippen LogP contribution in [0, 0.1) is 5.82 Å². The van der Waals surface area contributed by atoms with E-state index in [9.17, 15) is 9.50 Å². The highest BCUT2D eigenvalue weighted by atomic mass is 19.1. The molecule has 0 saturated carbocycles. The minimum absolute atomic E-state index is 0.000681. The van der Waals surface area contributed by atoms with Gasteiger partial charge in [-0.1, -0.05) is 13.8 Å². The molecule has 7 heteroatoms. The molecule has 1 N–H and O–H groups in total. The number of aromatic nitrogens is 4. The second-order valence-corrected chi connectivity index (χ2v) is 5.57. The van der Waals surface area contributed by atoms with Crippen molar-refractivity contribution in [1.82, 2.24) is 19.6 Å². The Hall–Kier alpha value is -2.67. The molecule has 0 atom stereocenters. The average Bonchev–Trinajstić information content (AvgIpc) is 3.23. The fourth-order valence-corrected chi connectivity index (χ4v) is 2.79. The Balaban J connectivity index is 2.00. The molecule has 132 valence electrons. The van der Waals surface area contributed by atoms with Gasteiger partial charge in [0.25, 0.3) is 0 Å². The van der Waals surface area contributed by atoms with Gasteiger partial charge in [0.05, 0.1) is 24.5 Å². The average molecular weight is 344 g/mol. The van der Waals surface area contributed by atoms with E-state index in [1.165, 1.54) is 12.1 Å². The topological polar surface area (TPSA) is 65.1 Å². The summed E-state index contributed by atoms with van der Waals surface area (Å²) in [7, 11) is 0. The molecule has 0 spiro atoms. The first-order valence-corrected chi connectivity index (χ1v) is 8.34. The molecule has 0 bridgehead atoms. The summed E-state index contributed by atoms with van der Waals surface area (Å²) in [6, 6.07) is 6.25. The molecule has 6 nitrogen and oxygen atoms in total. The van der Waals surface area contributed by atoms with E-state index in [0.29, 0.717) is 36.6 Å². The molecule has 0 saturated heterocycles. The molecule has 1 aromatic carbocycles. The maximum atomic E-state index is 14.0. The molecule has 0 aliphatic carbocycles. The third-order valence-electron chi connectivity index (χ3n) is 3.90. The minimum Gasteiger partial charge on any atom is -0.453 e. The number of hydrogen-bond donors (Lipinski definition) is 1. The molecule has 25 heavy (non-hydrogen) atoms. The Bertz CT molecular complexity index is 843. The molecular weight excluding hydrogens is 323 g/mol. The third kappa shape index (κ3) is 3.56. The first kappa shape index (κ1) is 17.2. The van der Waals surface area contributed by atoms with Crippen molar-refractivity contribution in [1.29, 1.82) is 0 Å². The fourth-order valence-electron chi connectivity index (χ4n) is 2.79. The summed E-state index contributed by atoms with van der Waals surface area (Å²) < 4.78 is 23.4. The van der Waals surface area contributed by atoms with Crippen LogP contribution >= 0.6 is 0 Å². The Kier molecular flexibility index (Phi) is 5.14. The van der Waals surface area contributed by atoms with Crippen LogP contribution in [0.4, 0.5) is 4.39 Å². The van der Waals surface area contributed by atoms with E-state index in [4.69, 9.17) is 4.74 Å². The molecule has 3 rings (SSSR count). The highest BCUT2D eigenvalue weighted by Crippen LogP contribution is 2.31. The van der Waals surface area contributed by atoms with Gasteiger partial charge < -0.3 is 9.84 Å². The highest BCUT2D eigenvalue weighted by Gasteiger charge is 2.18. The summed E-state index contributed by atoms with van der Waals surface area (Å²) in [4.78, 5) is 0. The van der Waals surface area contributed by atoms with Gasteiger partial charge in [-0.25, -0.2) is 9.07 Å². The predicted octanol–water partition coefficient (Wildman–Crippen LogP) is 3.12. The normalized spacial score (nSPS) is 11.0. The van der Waals surface area contributed by atoms with Gasteiger partial charge in [-0.3, -0.25) is 4.68 Å². The molecule has 0 fully saturated rings. The summed E-state index contributed by atoms with van der Waals surface area (Å²) in [6.07, 6.45) is 4.76. The number of aliphatic hydroxyl groups excluding tert-OH is 1. The molecule has 0 unspecified atom stereocenters. The smallest absolute Gasteiger partial charge is 0.171 e. The van der Waals surface area contributed by atoms with E-state index in [1.807, 2.05) is 13.8 Å². The van der Waals surface area contributed by atoms with Gasteiger partial charge in [0.15, 0.2) is 5.75 Å². The number of benzene rings is 1. The van der Waals surface area contributed by atoms with Gasteiger partial charge in [0.2, 0.25) is 0 Å². The monoisotopic (exact) mass is 344 g/mol. The van der Waals surface area contributed by atoms with E-state index in [-0.39, 0.29) is 6.61 Å². The Morgan fingerprint density at radius 2 is 2.04 bits per heavy atom. The summed E-state index contributed by atoms with van der Waals surface area (Å²) in [5.74, 6) is 0.621. The fraction of sp³-hybridized carbons (Fsp3) is 0.333. The van der Waals surface area contributed by atoms with Crippen LogP contribution in [-0.2, 0) is 19.4 Å². The maximum absolute atomic E-state index is 14.0. The SMILES string of the molecule is CCc1nn(CCO)c(CC)c1Oc1cc(F)cc(-n2cccn2)c1. The number of hydrogen-bond acceptors (Lipinski definition) is 4. The van der Waals surface area contributed by atoms with Crippen molar-refractivity contribution in [3.05, 3.63) is 53.9 Å². The van der Waals surface area contributed by atoms with Gasteiger partial charge in [-0.15, -0.1) is 0 Å². The van der Waals surface area contributed by atoms with Crippen LogP contribution in [0.25, 0.3) is 5.69 Å². The van der Waals surface area contributed by atoms with E-state index in [0.717, 1.165) is 11.4 Å². The molecule has 2 aromatic heterocycles. The lowest BCUT2D eigenvalue weighted by molar-refractivity contribution is 0.267. The zero-order chi connectivity index (χ0) is 17.8. The van der Waals surface area contributed by atoms with Gasteiger partial charge in [0, 0.05) is 24.5 Å². The van der Waals surface area contributed by atoms with Crippen molar-refractivity contribution in [3.8, 4) is 17.2 Å². The molecular formula is C18H21FN4O2. The number of ether oxygens (including phenoxy) is 1. The first-order chi connectivity index (χ1) is 12.2. The van der Waals surface area contributed by atoms with Crippen molar-refractivity contribution in [2.45, 2.75) is 33.2 Å². The Morgan fingerprint density at radius 3 is 2.68 bits per heavy atom. The van der Waals surface area contributed by atoms with Crippen LogP contribution < -0.4 is 4.74 Å². The first-order valence-electron chi connectivity index (χ1n) is 8.34. The number of rotatable bonds is 7. The number of halogens is 1. The standard InChI is InChI=1S/C18H21FN4O2/c1-3-16-18(17(4-2)23(21-16)8-9-24)25-15-11-13(19)10-14(12-15)22-7-5-6-20-22/h5-7,10-12,24H,3-4,8-9H2,1-2H3. The van der Waals surface area contributed by atoms with Crippen LogP contribution in [0.5, 0.6) is 11.5 Å². The quantitative estimate of drug-likeness (QED) is 0.715. The third-order valence-corrected chi connectivity index (χ3v) is 3.90. The maximum Gasteiger partial charge on any atom is 0.171 e. The van der Waals surface area contributed by atoms with Crippen molar-refractivity contribution in [3.63, 3.8) is 0 Å². The molecule has 2 heterocycles. The zero-order valence-corrected chi connectivity index (χ0v) is 14.3. The second kappa shape index (κ2) is 7.48. The van der Waals surface area contributed by atoms with Crippen LogP contribution in [0.1, 0.15) is 25.2 Å². The number of aryl methyl sites for hydroxylation is 1. The van der Waals surface area contributed by atoms with Gasteiger partial charge >= 0.3 is 0 Å². The zero-order valence-electron chi connectivity index (χ0n) is 14.3. The van der Waals surface area contributed by atoms with Crippen molar-refractivity contribution in [2.75, 3.05) is 6.61 Å². The van der Waals surface area contributed by atoms with E-state index in [2.05, 4.69) is 10.2 Å². The van der Waals surface area contributed by atoms with Gasteiger partial charge in [-0.2, -0.15) is 10.2 Å². The van der Waals surface area contributed by atoms with Crippen LogP contribution in [0.3, 0.4) is 0 Å². The summed E-state index contributed by atoms with van der Waals surface area (Å²) >= 11 is 0. The number of aliphatic hydroxyl groups is 1. The highest BCUT2D eigenvalue weighted by molar-refractivity contribution is 5.44. The lowest BCUT2D eigenvalue weighted by Crippen LogP contribution is -2.08. The Morgan fingerprint density at radius 1 is 1.20 bits per heavy atom. The molecule has 0 aliphatic rings. The van der Waals surface area contributed by atoms with E-state index < -0.39 is 5.82 Å². The molecule has 0 aliphatic heterocycles. The lowest BCUT2D eigenvalue weighted by atomic mass is 10.2. The molecule has 3 aromatic rings. The van der Waals surface area contributed by atoms with Crippen molar-refractivity contribution >= 4 is 0 Å². The Labute approximate surface area is 145 Å². The summed E-state index contributed by atoms with van der Waals surface area (Å²) in [6.45, 7) is 4.39. The van der Waals surface area contributed by atoms with Crippen molar-refractivity contribution in [2.24, 2.45) is 0 Å². The molecule has 0 amide bonds. The molecule has 0 radical (unpaired) electrons. The predicted molar refractivity (Wildman–Crippen MR) is 91.7 cm³/mol. The van der Waals surface area contributed by atoms with Gasteiger partial charge in [0.1, 0.15) is 17.3 Å². The van der Waals surface area contributed by atoms with E-state index >= 15 is 0 Å². The second-order valence-electron chi connectivity index (χ2n) is 5.57. The summed E-state index contributed by atoms with van der Waals surface area (Å²) in [5, 5.41) is 17.8. The minimum atomic E-state index is -0.401. The summed E-state index contributed by atoms with van der Waals surface area (Å²) in [5.41, 5.74) is 2.25. The van der Waals surface area contributed by atoms with Gasteiger partial charge in [-0.05, 0) is 25.0 Å². The number of nitrogens with zero attached hydrogens (tertiary/aromatic N) is 4. The van der Waals surface area contributed by atoms with Crippen molar-refractivity contribution < 1.29 is 14.2 Å². The largest absolute Gasteiger partial charge is 0.453 e. The van der Waals surface area contributed by atoms with Crippen LogP contribution in [0.2, 0.25) is 0 Å². The van der Waals surface area contributed by atoms with Crippen LogP contribution in [0.15, 0.2) is 36.7 Å². The van der Waals surface area contributed by atoms with Crippen LogP contribution in [-0.4, -0.2) is 31.3 Å². The van der Waals surface area contributed by atoms with E-state index in [1.54, 1.807) is 33.9 Å².